The molecular weight excluding hydrogens is 360 g/mol. The van der Waals surface area contributed by atoms with Crippen LogP contribution < -0.4 is 10.6 Å². The van der Waals surface area contributed by atoms with E-state index in [0.29, 0.717) is 25.6 Å². The summed E-state index contributed by atoms with van der Waals surface area (Å²) in [6, 6.07) is 8.58. The Morgan fingerprint density at radius 1 is 1.19 bits per heavy atom. The van der Waals surface area contributed by atoms with Crippen LogP contribution in [0.2, 0.25) is 0 Å². The Bertz CT molecular complexity index is 994. The first-order valence-electron chi connectivity index (χ1n) is 9.09. The van der Waals surface area contributed by atoms with Gasteiger partial charge in [0.25, 0.3) is 0 Å². The average Bonchev–Trinajstić information content (AvgIpc) is 3.06. The highest BCUT2D eigenvalue weighted by Crippen LogP contribution is 2.21. The lowest BCUT2D eigenvalue weighted by Crippen LogP contribution is -2.26. The maximum atomic E-state index is 11.2. The molecule has 0 radical (unpaired) electrons. The zero-order valence-corrected chi connectivity index (χ0v) is 16.8. The first-order chi connectivity index (χ1) is 12.8. The lowest BCUT2D eigenvalue weighted by atomic mass is 10.0. The number of nitrogens with one attached hydrogen (secondary N) is 2. The fourth-order valence-electron chi connectivity index (χ4n) is 2.87. The number of pyridine rings is 1. The second kappa shape index (κ2) is 8.08. The van der Waals surface area contributed by atoms with Crippen LogP contribution in [0.1, 0.15) is 30.9 Å². The smallest absolute Gasteiger partial charge is 0.149 e. The number of fused-ring (bicyclic) bond motifs is 1. The van der Waals surface area contributed by atoms with Gasteiger partial charge in [-0.15, -0.1) is 0 Å². The summed E-state index contributed by atoms with van der Waals surface area (Å²) in [7, 11) is -2.96. The second-order valence-electron chi connectivity index (χ2n) is 7.23. The van der Waals surface area contributed by atoms with Gasteiger partial charge < -0.3 is 10.6 Å². The van der Waals surface area contributed by atoms with Crippen molar-refractivity contribution in [2.45, 2.75) is 26.3 Å². The standard InChI is InChI=1S/C20H26N4O2S/c1-14(2)16-4-5-19-17(9-16)8-15(12-23-19)11-22-18-10-20(24-13-18)21-6-7-27(3,25)26/h4-5,8-10,12,14,22H,6-7,11,13H2,1-3H3,(H,21,24). The van der Waals surface area contributed by atoms with Crippen molar-refractivity contribution in [3.63, 3.8) is 0 Å². The van der Waals surface area contributed by atoms with Crippen molar-refractivity contribution >= 4 is 26.6 Å². The highest BCUT2D eigenvalue weighted by atomic mass is 32.2. The molecule has 144 valence electrons. The number of sulfone groups is 1. The van der Waals surface area contributed by atoms with Crippen LogP contribution in [0.25, 0.3) is 10.9 Å². The number of aliphatic imine (C=N–C) groups is 1. The summed E-state index contributed by atoms with van der Waals surface area (Å²) in [6.45, 7) is 5.99. The number of aromatic nitrogens is 1. The van der Waals surface area contributed by atoms with Gasteiger partial charge in [0.15, 0.2) is 0 Å². The quantitative estimate of drug-likeness (QED) is 0.763. The van der Waals surface area contributed by atoms with Crippen LogP contribution in [0.4, 0.5) is 0 Å². The summed E-state index contributed by atoms with van der Waals surface area (Å²) in [5.41, 5.74) is 4.44. The molecule has 0 saturated heterocycles. The summed E-state index contributed by atoms with van der Waals surface area (Å²) < 4.78 is 22.3. The molecule has 0 aliphatic carbocycles. The number of amidine groups is 1. The number of nitrogens with zero attached hydrogens (tertiary/aromatic N) is 2. The minimum absolute atomic E-state index is 0.101. The van der Waals surface area contributed by atoms with Gasteiger partial charge in [-0.3, -0.25) is 9.98 Å². The fourth-order valence-corrected chi connectivity index (χ4v) is 3.34. The normalized spacial score (nSPS) is 14.4. The number of benzene rings is 1. The van der Waals surface area contributed by atoms with E-state index in [1.807, 2.05) is 12.3 Å². The van der Waals surface area contributed by atoms with Crippen LogP contribution in [0.5, 0.6) is 0 Å². The largest absolute Gasteiger partial charge is 0.383 e. The van der Waals surface area contributed by atoms with Crippen molar-refractivity contribution in [3.05, 3.63) is 53.4 Å². The van der Waals surface area contributed by atoms with E-state index in [0.717, 1.165) is 28.0 Å². The zero-order valence-electron chi connectivity index (χ0n) is 16.0. The van der Waals surface area contributed by atoms with Crippen LogP contribution >= 0.6 is 0 Å². The summed E-state index contributed by atoms with van der Waals surface area (Å²) in [5, 5.41) is 7.59. The third kappa shape index (κ3) is 5.53. The SMILES string of the molecule is CC(C)c1ccc2ncc(CNC3=CC(NCCS(C)(=O)=O)=NC3)cc2c1. The Labute approximate surface area is 160 Å². The molecule has 0 atom stereocenters. The van der Waals surface area contributed by atoms with Crippen molar-refractivity contribution < 1.29 is 8.42 Å². The molecule has 7 heteroatoms. The van der Waals surface area contributed by atoms with Gasteiger partial charge in [0.1, 0.15) is 15.7 Å². The fraction of sp³-hybridized carbons (Fsp3) is 0.400. The van der Waals surface area contributed by atoms with Gasteiger partial charge in [0.2, 0.25) is 0 Å². The molecule has 0 fully saturated rings. The van der Waals surface area contributed by atoms with Crippen LogP contribution in [-0.4, -0.2) is 44.3 Å². The zero-order chi connectivity index (χ0) is 19.4. The third-order valence-electron chi connectivity index (χ3n) is 4.46. The average molecular weight is 387 g/mol. The highest BCUT2D eigenvalue weighted by Gasteiger charge is 2.09. The maximum absolute atomic E-state index is 11.2. The molecule has 2 aromatic rings. The third-order valence-corrected chi connectivity index (χ3v) is 5.40. The molecule has 0 spiro atoms. The van der Waals surface area contributed by atoms with Gasteiger partial charge in [-0.05, 0) is 35.2 Å². The molecule has 2 N–H and O–H groups in total. The molecular formula is C20H26N4O2S. The minimum atomic E-state index is -2.96. The molecule has 0 unspecified atom stereocenters. The molecule has 3 rings (SSSR count). The van der Waals surface area contributed by atoms with Crippen molar-refractivity contribution in [1.29, 1.82) is 0 Å². The first kappa shape index (κ1) is 19.4. The van der Waals surface area contributed by atoms with Crippen molar-refractivity contribution in [1.82, 2.24) is 15.6 Å². The molecule has 1 aromatic heterocycles. The molecule has 2 heterocycles. The minimum Gasteiger partial charge on any atom is -0.383 e. The lowest BCUT2D eigenvalue weighted by Gasteiger charge is -2.09. The van der Waals surface area contributed by atoms with Gasteiger partial charge >= 0.3 is 0 Å². The molecule has 0 bridgehead atoms. The molecule has 6 nitrogen and oxygen atoms in total. The highest BCUT2D eigenvalue weighted by molar-refractivity contribution is 7.90. The Balaban J connectivity index is 1.58. The summed E-state index contributed by atoms with van der Waals surface area (Å²) in [4.78, 5) is 8.92. The van der Waals surface area contributed by atoms with E-state index in [2.05, 4.69) is 58.7 Å². The molecule has 1 aliphatic heterocycles. The summed E-state index contributed by atoms with van der Waals surface area (Å²) in [6.07, 6.45) is 5.05. The Morgan fingerprint density at radius 2 is 2.00 bits per heavy atom. The predicted molar refractivity (Wildman–Crippen MR) is 111 cm³/mol. The monoisotopic (exact) mass is 386 g/mol. The Morgan fingerprint density at radius 3 is 2.74 bits per heavy atom. The Hall–Kier alpha value is -2.41. The van der Waals surface area contributed by atoms with Crippen LogP contribution in [0, 0.1) is 0 Å². The maximum Gasteiger partial charge on any atom is 0.149 e. The molecule has 27 heavy (non-hydrogen) atoms. The first-order valence-corrected chi connectivity index (χ1v) is 11.2. The predicted octanol–water partition coefficient (Wildman–Crippen LogP) is 2.38. The van der Waals surface area contributed by atoms with Gasteiger partial charge in [-0.1, -0.05) is 19.9 Å². The van der Waals surface area contributed by atoms with E-state index in [-0.39, 0.29) is 5.75 Å². The number of hydrogen-bond acceptors (Lipinski definition) is 6. The van der Waals surface area contributed by atoms with Gasteiger partial charge in [-0.2, -0.15) is 0 Å². The van der Waals surface area contributed by atoms with E-state index in [1.165, 1.54) is 11.8 Å². The van der Waals surface area contributed by atoms with Gasteiger partial charge in [-0.25, -0.2) is 8.42 Å². The van der Waals surface area contributed by atoms with Gasteiger partial charge in [0.05, 0.1) is 17.8 Å². The van der Waals surface area contributed by atoms with E-state index in [1.54, 1.807) is 0 Å². The van der Waals surface area contributed by atoms with Crippen LogP contribution in [-0.2, 0) is 16.4 Å². The molecule has 1 aliphatic rings. The van der Waals surface area contributed by atoms with Crippen molar-refractivity contribution in [2.75, 3.05) is 25.1 Å². The lowest BCUT2D eigenvalue weighted by molar-refractivity contribution is 0.600. The van der Waals surface area contributed by atoms with E-state index in [4.69, 9.17) is 0 Å². The van der Waals surface area contributed by atoms with Crippen molar-refractivity contribution in [2.24, 2.45) is 4.99 Å². The second-order valence-corrected chi connectivity index (χ2v) is 9.49. The molecule has 1 aromatic carbocycles. The number of rotatable bonds is 7. The van der Waals surface area contributed by atoms with Crippen LogP contribution in [0.15, 0.2) is 47.2 Å². The molecule has 0 saturated carbocycles. The topological polar surface area (TPSA) is 83.5 Å². The van der Waals surface area contributed by atoms with E-state index in [9.17, 15) is 8.42 Å². The van der Waals surface area contributed by atoms with E-state index < -0.39 is 9.84 Å². The van der Waals surface area contributed by atoms with Gasteiger partial charge in [0, 0.05) is 42.7 Å². The van der Waals surface area contributed by atoms with E-state index >= 15 is 0 Å². The van der Waals surface area contributed by atoms with Crippen molar-refractivity contribution in [3.8, 4) is 0 Å². The van der Waals surface area contributed by atoms with Crippen LogP contribution in [0.3, 0.4) is 0 Å². The Kier molecular flexibility index (Phi) is 5.79. The summed E-state index contributed by atoms with van der Waals surface area (Å²) in [5.74, 6) is 1.31. The number of hydrogen-bond donors (Lipinski definition) is 2. The summed E-state index contributed by atoms with van der Waals surface area (Å²) >= 11 is 0. The molecule has 0 amide bonds.